The van der Waals surface area contributed by atoms with Crippen LogP contribution in [0.3, 0.4) is 0 Å². The molecule has 3 aromatic heterocycles. The van der Waals surface area contributed by atoms with Gasteiger partial charge in [0.15, 0.2) is 11.5 Å². The van der Waals surface area contributed by atoms with E-state index in [4.69, 9.17) is 5.10 Å². The number of piperidine rings is 1. The Hall–Kier alpha value is -2.45. The van der Waals surface area contributed by atoms with E-state index >= 15 is 0 Å². The van der Waals surface area contributed by atoms with Gasteiger partial charge in [0, 0.05) is 31.9 Å². The Morgan fingerprint density at radius 1 is 1.27 bits per heavy atom. The van der Waals surface area contributed by atoms with Crippen molar-refractivity contribution in [2.75, 3.05) is 32.0 Å². The minimum Gasteiger partial charge on any atom is -0.336 e. The Morgan fingerprint density at radius 2 is 2.23 bits per heavy atom. The second-order valence-corrected chi connectivity index (χ2v) is 7.37. The molecule has 8 nitrogen and oxygen atoms in total. The van der Waals surface area contributed by atoms with Gasteiger partial charge in [0.2, 0.25) is 0 Å². The molecule has 0 aromatic carbocycles. The minimum atomic E-state index is 0.516. The summed E-state index contributed by atoms with van der Waals surface area (Å²) in [6, 6.07) is 4.35. The van der Waals surface area contributed by atoms with Crippen LogP contribution in [0, 0.1) is 0 Å². The van der Waals surface area contributed by atoms with Crippen molar-refractivity contribution in [2.24, 2.45) is 0 Å². The highest BCUT2D eigenvalue weighted by Gasteiger charge is 2.19. The molecule has 1 atom stereocenters. The lowest BCUT2D eigenvalue weighted by molar-refractivity contribution is 0.259. The topological polar surface area (TPSA) is 75.3 Å². The maximum Gasteiger partial charge on any atom is 0.178 e. The Kier molecular flexibility index (Phi) is 3.86. The highest BCUT2D eigenvalue weighted by atomic mass is 15.4. The molecule has 0 saturated carbocycles. The summed E-state index contributed by atoms with van der Waals surface area (Å²) in [4.78, 5) is 6.74. The Labute approximate surface area is 152 Å². The van der Waals surface area contributed by atoms with Crippen LogP contribution < -0.4 is 10.6 Å². The fourth-order valence-electron chi connectivity index (χ4n) is 4.00. The van der Waals surface area contributed by atoms with Gasteiger partial charge in [-0.05, 0) is 44.0 Å². The first-order valence-corrected chi connectivity index (χ1v) is 9.32. The smallest absolute Gasteiger partial charge is 0.178 e. The molecule has 5 heterocycles. The zero-order chi connectivity index (χ0) is 17.5. The van der Waals surface area contributed by atoms with E-state index in [2.05, 4.69) is 55.7 Å². The molecular formula is C18H24N8. The van der Waals surface area contributed by atoms with Crippen molar-refractivity contribution in [3.05, 3.63) is 35.9 Å². The van der Waals surface area contributed by atoms with Gasteiger partial charge in [-0.15, -0.1) is 0 Å². The fraction of sp³-hybridized carbons (Fsp3) is 0.500. The second kappa shape index (κ2) is 6.37. The van der Waals surface area contributed by atoms with Gasteiger partial charge in [0.05, 0.1) is 17.9 Å². The molecule has 8 heteroatoms. The van der Waals surface area contributed by atoms with Gasteiger partial charge in [-0.3, -0.25) is 9.58 Å². The van der Waals surface area contributed by atoms with E-state index < -0.39 is 0 Å². The highest BCUT2D eigenvalue weighted by Crippen LogP contribution is 2.29. The maximum atomic E-state index is 4.72. The standard InChI is InChI=1S/C18H24N8/c1-24-5-6-25-15(11-24)8-17(23-25)22-16-7-14(13-3-2-4-19-9-13)10-26-18(16)20-12-21-26/h7-8,10,12-13,19H,2-6,9,11H2,1H3,(H,22,23). The van der Waals surface area contributed by atoms with Crippen LogP contribution in [-0.2, 0) is 13.1 Å². The number of nitrogens with zero attached hydrogens (tertiary/aromatic N) is 6. The van der Waals surface area contributed by atoms with Crippen molar-refractivity contribution in [3.63, 3.8) is 0 Å². The molecule has 1 fully saturated rings. The first-order valence-electron chi connectivity index (χ1n) is 9.32. The van der Waals surface area contributed by atoms with Gasteiger partial charge in [0.1, 0.15) is 6.33 Å². The summed E-state index contributed by atoms with van der Waals surface area (Å²) in [7, 11) is 2.14. The van der Waals surface area contributed by atoms with Gasteiger partial charge in [-0.1, -0.05) is 0 Å². The van der Waals surface area contributed by atoms with Crippen LogP contribution in [0.4, 0.5) is 11.5 Å². The van der Waals surface area contributed by atoms with Gasteiger partial charge in [-0.2, -0.15) is 10.2 Å². The SMILES string of the molecule is CN1CCn2nc(Nc3cc(C4CCCNC4)cn4ncnc34)cc2C1. The van der Waals surface area contributed by atoms with E-state index in [9.17, 15) is 0 Å². The molecule has 2 aliphatic heterocycles. The molecule has 3 aromatic rings. The molecule has 2 N–H and O–H groups in total. The Bertz CT molecular complexity index is 921. The monoisotopic (exact) mass is 352 g/mol. The van der Waals surface area contributed by atoms with Crippen LogP contribution in [0.2, 0.25) is 0 Å². The minimum absolute atomic E-state index is 0.516. The molecule has 136 valence electrons. The van der Waals surface area contributed by atoms with Gasteiger partial charge < -0.3 is 10.6 Å². The molecule has 26 heavy (non-hydrogen) atoms. The average molecular weight is 352 g/mol. The zero-order valence-corrected chi connectivity index (χ0v) is 15.0. The van der Waals surface area contributed by atoms with Crippen molar-refractivity contribution >= 4 is 17.2 Å². The summed E-state index contributed by atoms with van der Waals surface area (Å²) in [6.07, 6.45) is 6.14. The van der Waals surface area contributed by atoms with E-state index in [1.165, 1.54) is 24.1 Å². The molecule has 0 aliphatic carbocycles. The van der Waals surface area contributed by atoms with E-state index in [1.54, 1.807) is 6.33 Å². The van der Waals surface area contributed by atoms with Crippen LogP contribution in [0.5, 0.6) is 0 Å². The molecule has 0 bridgehead atoms. The second-order valence-electron chi connectivity index (χ2n) is 7.37. The predicted molar refractivity (Wildman–Crippen MR) is 99.7 cm³/mol. The summed E-state index contributed by atoms with van der Waals surface area (Å²) in [5.74, 6) is 1.39. The molecule has 2 aliphatic rings. The third-order valence-corrected chi connectivity index (χ3v) is 5.42. The molecule has 0 amide bonds. The lowest BCUT2D eigenvalue weighted by Gasteiger charge is -2.23. The van der Waals surface area contributed by atoms with Crippen LogP contribution in [0.15, 0.2) is 24.7 Å². The summed E-state index contributed by atoms with van der Waals surface area (Å²) < 4.78 is 3.97. The molecule has 1 saturated heterocycles. The van der Waals surface area contributed by atoms with E-state index in [0.717, 1.165) is 49.9 Å². The van der Waals surface area contributed by atoms with Crippen LogP contribution in [-0.4, -0.2) is 56.0 Å². The fourth-order valence-corrected chi connectivity index (χ4v) is 4.00. The summed E-state index contributed by atoms with van der Waals surface area (Å²) in [5, 5.41) is 16.1. The lowest BCUT2D eigenvalue weighted by Crippen LogP contribution is -2.30. The van der Waals surface area contributed by atoms with Crippen molar-refractivity contribution in [2.45, 2.75) is 31.8 Å². The Morgan fingerprint density at radius 3 is 3.12 bits per heavy atom. The van der Waals surface area contributed by atoms with Crippen LogP contribution >= 0.6 is 0 Å². The summed E-state index contributed by atoms with van der Waals surface area (Å²) in [6.45, 7) is 5.03. The van der Waals surface area contributed by atoms with E-state index in [-0.39, 0.29) is 0 Å². The molecule has 0 spiro atoms. The van der Waals surface area contributed by atoms with Gasteiger partial charge >= 0.3 is 0 Å². The van der Waals surface area contributed by atoms with Gasteiger partial charge in [-0.25, -0.2) is 9.50 Å². The quantitative estimate of drug-likeness (QED) is 0.745. The zero-order valence-electron chi connectivity index (χ0n) is 15.0. The number of hydrogen-bond donors (Lipinski definition) is 2. The van der Waals surface area contributed by atoms with Gasteiger partial charge in [0.25, 0.3) is 0 Å². The van der Waals surface area contributed by atoms with E-state index in [1.807, 2.05) is 4.52 Å². The number of anilines is 2. The first-order chi connectivity index (χ1) is 12.8. The number of pyridine rings is 1. The lowest BCUT2D eigenvalue weighted by atomic mass is 9.92. The third kappa shape index (κ3) is 2.85. The van der Waals surface area contributed by atoms with Crippen molar-refractivity contribution in [3.8, 4) is 0 Å². The van der Waals surface area contributed by atoms with Crippen molar-refractivity contribution in [1.82, 2.24) is 34.6 Å². The summed E-state index contributed by atoms with van der Waals surface area (Å²) >= 11 is 0. The number of likely N-dealkylation sites (N-methyl/N-ethyl adjacent to an activating group) is 1. The van der Waals surface area contributed by atoms with Crippen molar-refractivity contribution < 1.29 is 0 Å². The van der Waals surface area contributed by atoms with Crippen LogP contribution in [0.1, 0.15) is 30.0 Å². The number of aromatic nitrogens is 5. The highest BCUT2D eigenvalue weighted by molar-refractivity contribution is 5.73. The first kappa shape index (κ1) is 15.8. The maximum absolute atomic E-state index is 4.72. The Balaban J connectivity index is 1.49. The molecule has 1 unspecified atom stereocenters. The third-order valence-electron chi connectivity index (χ3n) is 5.42. The number of nitrogens with one attached hydrogen (secondary N) is 2. The number of fused-ring (bicyclic) bond motifs is 2. The van der Waals surface area contributed by atoms with Crippen molar-refractivity contribution in [1.29, 1.82) is 0 Å². The normalized spacial score (nSPS) is 21.0. The summed E-state index contributed by atoms with van der Waals surface area (Å²) in [5.41, 5.74) is 4.34. The van der Waals surface area contributed by atoms with E-state index in [0.29, 0.717) is 5.92 Å². The number of hydrogen-bond acceptors (Lipinski definition) is 6. The molecular weight excluding hydrogens is 328 g/mol. The largest absolute Gasteiger partial charge is 0.336 e. The number of rotatable bonds is 3. The molecule has 0 radical (unpaired) electrons. The predicted octanol–water partition coefficient (Wildman–Crippen LogP) is 1.58. The van der Waals surface area contributed by atoms with Crippen LogP contribution in [0.25, 0.3) is 5.65 Å². The molecule has 5 rings (SSSR count). The average Bonchev–Trinajstić information content (AvgIpc) is 3.28.